The fraction of sp³-hybridized carbons (Fsp3) is 0.600. The number of benzene rings is 1. The van der Waals surface area contributed by atoms with E-state index in [-0.39, 0.29) is 5.82 Å². The Morgan fingerprint density at radius 1 is 1.50 bits per heavy atom. The molecule has 1 heterocycles. The van der Waals surface area contributed by atoms with Gasteiger partial charge in [-0.2, -0.15) is 11.8 Å². The lowest BCUT2D eigenvalue weighted by atomic mass is 9.89. The van der Waals surface area contributed by atoms with Crippen molar-refractivity contribution in [2.75, 3.05) is 12.8 Å². The van der Waals surface area contributed by atoms with Crippen molar-refractivity contribution in [2.45, 2.75) is 43.9 Å². The van der Waals surface area contributed by atoms with Gasteiger partial charge in [-0.1, -0.05) is 6.07 Å². The van der Waals surface area contributed by atoms with Crippen molar-refractivity contribution >= 4 is 11.8 Å². The van der Waals surface area contributed by atoms with E-state index in [1.165, 1.54) is 24.2 Å². The highest BCUT2D eigenvalue weighted by molar-refractivity contribution is 8.00. The summed E-state index contributed by atoms with van der Waals surface area (Å²) in [7, 11) is 2.04. The summed E-state index contributed by atoms with van der Waals surface area (Å²) in [6, 6.07) is 5.58. The fourth-order valence-corrected chi connectivity index (χ4v) is 4.25. The van der Waals surface area contributed by atoms with E-state index in [0.29, 0.717) is 10.8 Å². The summed E-state index contributed by atoms with van der Waals surface area (Å²) in [6.45, 7) is 4.35. The molecule has 0 spiro atoms. The van der Waals surface area contributed by atoms with Crippen LogP contribution in [-0.2, 0) is 6.42 Å². The first-order valence-electron chi connectivity index (χ1n) is 6.61. The zero-order valence-corrected chi connectivity index (χ0v) is 12.2. The highest BCUT2D eigenvalue weighted by Crippen LogP contribution is 2.41. The molecule has 1 aromatic rings. The van der Waals surface area contributed by atoms with E-state index in [4.69, 9.17) is 0 Å². The average Bonchev–Trinajstić information content (AvgIpc) is 2.76. The minimum absolute atomic E-state index is 0.140. The summed E-state index contributed by atoms with van der Waals surface area (Å²) in [6.07, 6.45) is 3.55. The van der Waals surface area contributed by atoms with Crippen LogP contribution in [0.1, 0.15) is 30.9 Å². The van der Waals surface area contributed by atoms with Gasteiger partial charge in [0.15, 0.2) is 0 Å². The van der Waals surface area contributed by atoms with Gasteiger partial charge in [0, 0.05) is 10.8 Å². The number of aryl methyl sites for hydroxylation is 1. The third kappa shape index (κ3) is 2.89. The highest BCUT2D eigenvalue weighted by atomic mass is 32.2. The Bertz CT molecular complexity index is 413. The molecule has 0 aromatic heterocycles. The molecule has 100 valence electrons. The molecule has 2 atom stereocenters. The lowest BCUT2D eigenvalue weighted by Crippen LogP contribution is -2.45. The first kappa shape index (κ1) is 13.9. The predicted octanol–water partition coefficient (Wildman–Crippen LogP) is 3.55. The number of rotatable bonds is 4. The predicted molar refractivity (Wildman–Crippen MR) is 77.8 cm³/mol. The molecule has 2 rings (SSSR count). The van der Waals surface area contributed by atoms with Crippen LogP contribution in [0.3, 0.4) is 0 Å². The van der Waals surface area contributed by atoms with Gasteiger partial charge >= 0.3 is 0 Å². The van der Waals surface area contributed by atoms with Crippen molar-refractivity contribution in [3.8, 4) is 0 Å². The van der Waals surface area contributed by atoms with E-state index in [0.717, 1.165) is 12.0 Å². The van der Waals surface area contributed by atoms with Crippen molar-refractivity contribution in [1.29, 1.82) is 0 Å². The molecular formula is C15H22FNS. The van der Waals surface area contributed by atoms with Crippen molar-refractivity contribution in [3.63, 3.8) is 0 Å². The van der Waals surface area contributed by atoms with Crippen molar-refractivity contribution in [1.82, 2.24) is 5.32 Å². The van der Waals surface area contributed by atoms with E-state index >= 15 is 0 Å². The lowest BCUT2D eigenvalue weighted by molar-refractivity contribution is 0.423. The second-order valence-corrected chi connectivity index (χ2v) is 7.01. The fourth-order valence-electron chi connectivity index (χ4n) is 2.81. The molecule has 0 radical (unpaired) electrons. The topological polar surface area (TPSA) is 12.0 Å². The second kappa shape index (κ2) is 5.62. The maximum absolute atomic E-state index is 13.1. The van der Waals surface area contributed by atoms with Gasteiger partial charge in [-0.15, -0.1) is 0 Å². The van der Waals surface area contributed by atoms with Crippen LogP contribution in [0, 0.1) is 12.7 Å². The number of nitrogens with one attached hydrogen (secondary N) is 1. The SMILES string of the molecule is CNC(Cc1ccc(F)cc1C)C1(C)CCCS1. The molecule has 1 aliphatic rings. The zero-order chi connectivity index (χ0) is 13.2. The molecule has 1 aliphatic heterocycles. The molecule has 18 heavy (non-hydrogen) atoms. The average molecular weight is 267 g/mol. The summed E-state index contributed by atoms with van der Waals surface area (Å²) in [5.74, 6) is 1.12. The summed E-state index contributed by atoms with van der Waals surface area (Å²) in [5, 5.41) is 3.46. The van der Waals surface area contributed by atoms with Crippen LogP contribution < -0.4 is 5.32 Å². The van der Waals surface area contributed by atoms with Crippen LogP contribution in [0.15, 0.2) is 18.2 Å². The van der Waals surface area contributed by atoms with Gasteiger partial charge < -0.3 is 5.32 Å². The summed E-state index contributed by atoms with van der Waals surface area (Å²) >= 11 is 2.07. The summed E-state index contributed by atoms with van der Waals surface area (Å²) in [5.41, 5.74) is 2.31. The molecule has 0 amide bonds. The Hall–Kier alpha value is -0.540. The van der Waals surface area contributed by atoms with Crippen LogP contribution in [0.5, 0.6) is 0 Å². The minimum Gasteiger partial charge on any atom is -0.315 e. The van der Waals surface area contributed by atoms with E-state index in [9.17, 15) is 4.39 Å². The third-order valence-electron chi connectivity index (χ3n) is 4.06. The van der Waals surface area contributed by atoms with Crippen LogP contribution in [0.25, 0.3) is 0 Å². The molecular weight excluding hydrogens is 245 g/mol. The molecule has 1 fully saturated rings. The van der Waals surface area contributed by atoms with Crippen molar-refractivity contribution in [2.24, 2.45) is 0 Å². The van der Waals surface area contributed by atoms with Crippen LogP contribution in [-0.4, -0.2) is 23.6 Å². The molecule has 1 N–H and O–H groups in total. The quantitative estimate of drug-likeness (QED) is 0.895. The highest BCUT2D eigenvalue weighted by Gasteiger charge is 2.37. The smallest absolute Gasteiger partial charge is 0.123 e. The Balaban J connectivity index is 2.15. The Kier molecular flexibility index (Phi) is 4.33. The Labute approximate surface area is 114 Å². The number of hydrogen-bond donors (Lipinski definition) is 1. The molecule has 3 heteroatoms. The monoisotopic (exact) mass is 267 g/mol. The molecule has 0 saturated carbocycles. The van der Waals surface area contributed by atoms with Crippen molar-refractivity contribution in [3.05, 3.63) is 35.1 Å². The molecule has 0 bridgehead atoms. The van der Waals surface area contributed by atoms with Gasteiger partial charge in [-0.05, 0) is 69.2 Å². The maximum atomic E-state index is 13.1. The first-order chi connectivity index (χ1) is 8.55. The van der Waals surface area contributed by atoms with E-state index in [1.807, 2.05) is 20.0 Å². The van der Waals surface area contributed by atoms with E-state index < -0.39 is 0 Å². The molecule has 1 aromatic carbocycles. The second-order valence-electron chi connectivity index (χ2n) is 5.38. The molecule has 0 aliphatic carbocycles. The van der Waals surface area contributed by atoms with Gasteiger partial charge in [0.25, 0.3) is 0 Å². The standard InChI is InChI=1S/C15H22FNS/c1-11-9-13(16)6-5-12(11)10-14(17-3)15(2)7-4-8-18-15/h5-6,9,14,17H,4,7-8,10H2,1-3H3. The Morgan fingerprint density at radius 2 is 2.28 bits per heavy atom. The van der Waals surface area contributed by atoms with E-state index in [2.05, 4.69) is 24.0 Å². The normalized spacial score (nSPS) is 25.3. The van der Waals surface area contributed by atoms with Crippen LogP contribution >= 0.6 is 11.8 Å². The van der Waals surface area contributed by atoms with Crippen LogP contribution in [0.2, 0.25) is 0 Å². The van der Waals surface area contributed by atoms with Gasteiger partial charge in [0.2, 0.25) is 0 Å². The summed E-state index contributed by atoms with van der Waals surface area (Å²) < 4.78 is 13.4. The Morgan fingerprint density at radius 3 is 2.83 bits per heavy atom. The minimum atomic E-state index is -0.140. The molecule has 2 unspecified atom stereocenters. The van der Waals surface area contributed by atoms with Gasteiger partial charge in [0.05, 0.1) is 0 Å². The maximum Gasteiger partial charge on any atom is 0.123 e. The van der Waals surface area contributed by atoms with Gasteiger partial charge in [0.1, 0.15) is 5.82 Å². The number of thioether (sulfide) groups is 1. The lowest BCUT2D eigenvalue weighted by Gasteiger charge is -2.33. The van der Waals surface area contributed by atoms with Gasteiger partial charge in [-0.3, -0.25) is 0 Å². The summed E-state index contributed by atoms with van der Waals surface area (Å²) in [4.78, 5) is 0. The largest absolute Gasteiger partial charge is 0.315 e. The van der Waals surface area contributed by atoms with Crippen LogP contribution in [0.4, 0.5) is 4.39 Å². The number of halogens is 1. The molecule has 1 nitrogen and oxygen atoms in total. The third-order valence-corrected chi connectivity index (χ3v) is 5.70. The molecule has 1 saturated heterocycles. The number of likely N-dealkylation sites (N-methyl/N-ethyl adjacent to an activating group) is 1. The number of hydrogen-bond acceptors (Lipinski definition) is 2. The van der Waals surface area contributed by atoms with Gasteiger partial charge in [-0.25, -0.2) is 4.39 Å². The zero-order valence-electron chi connectivity index (χ0n) is 11.4. The van der Waals surface area contributed by atoms with Crippen molar-refractivity contribution < 1.29 is 4.39 Å². The van der Waals surface area contributed by atoms with E-state index in [1.54, 1.807) is 12.1 Å². The first-order valence-corrected chi connectivity index (χ1v) is 7.60.